The summed E-state index contributed by atoms with van der Waals surface area (Å²) in [6.07, 6.45) is 1.82. The van der Waals surface area contributed by atoms with E-state index in [4.69, 9.17) is 4.74 Å². The van der Waals surface area contributed by atoms with Crippen LogP contribution in [0.1, 0.15) is 31.7 Å². The summed E-state index contributed by atoms with van der Waals surface area (Å²) in [6, 6.07) is 7.83. The molecule has 2 N–H and O–H groups in total. The average molecular weight is 265 g/mol. The minimum atomic E-state index is -0.838. The van der Waals surface area contributed by atoms with Crippen molar-refractivity contribution < 1.29 is 14.6 Å². The minimum Gasteiger partial charge on any atom is -0.493 e. The third-order valence-corrected chi connectivity index (χ3v) is 3.59. The highest BCUT2D eigenvalue weighted by molar-refractivity contribution is 5.78. The molecule has 0 amide bonds. The Balaban J connectivity index is 2.46. The number of carboxylic acid groups (broad SMARTS) is 1. The number of benzene rings is 1. The van der Waals surface area contributed by atoms with E-state index in [9.17, 15) is 9.90 Å². The van der Waals surface area contributed by atoms with Crippen molar-refractivity contribution in [1.29, 1.82) is 0 Å². The van der Waals surface area contributed by atoms with Crippen molar-refractivity contribution in [2.45, 2.75) is 38.6 Å². The number of ether oxygens (including phenoxy) is 1. The standard InChI is InChI=1S/C15H23NO3/c1-4-15(16-3,14(17)18)10-7-11-19-13-9-6-5-8-12(13)2/h5-6,8-9,16H,4,7,10-11H2,1-3H3,(H,17,18). The molecule has 4 heteroatoms. The molecule has 1 atom stereocenters. The molecule has 0 spiro atoms. The number of carboxylic acids is 1. The molecule has 0 radical (unpaired) electrons. The van der Waals surface area contributed by atoms with Gasteiger partial charge in [-0.1, -0.05) is 25.1 Å². The molecule has 4 nitrogen and oxygen atoms in total. The molecule has 0 saturated heterocycles. The van der Waals surface area contributed by atoms with Crippen LogP contribution < -0.4 is 10.1 Å². The van der Waals surface area contributed by atoms with E-state index >= 15 is 0 Å². The minimum absolute atomic E-state index is 0.529. The van der Waals surface area contributed by atoms with E-state index in [1.54, 1.807) is 7.05 Å². The SMILES string of the molecule is CCC(CCCOc1ccccc1C)(NC)C(=O)O. The summed E-state index contributed by atoms with van der Waals surface area (Å²) in [5.74, 6) is 0.0674. The van der Waals surface area contributed by atoms with Crippen molar-refractivity contribution in [3.63, 3.8) is 0 Å². The summed E-state index contributed by atoms with van der Waals surface area (Å²) >= 11 is 0. The van der Waals surface area contributed by atoms with Crippen molar-refractivity contribution in [3.05, 3.63) is 29.8 Å². The Morgan fingerprint density at radius 1 is 1.42 bits per heavy atom. The molecule has 1 aromatic rings. The molecule has 0 bridgehead atoms. The van der Waals surface area contributed by atoms with Gasteiger partial charge in [0, 0.05) is 0 Å². The highest BCUT2D eigenvalue weighted by Crippen LogP contribution is 2.20. The summed E-state index contributed by atoms with van der Waals surface area (Å²) in [5.41, 5.74) is 0.255. The Kier molecular flexibility index (Phi) is 5.83. The molecular weight excluding hydrogens is 242 g/mol. The lowest BCUT2D eigenvalue weighted by Gasteiger charge is -2.27. The molecule has 19 heavy (non-hydrogen) atoms. The van der Waals surface area contributed by atoms with Crippen LogP contribution in [0.2, 0.25) is 0 Å². The van der Waals surface area contributed by atoms with Crippen molar-refractivity contribution >= 4 is 5.97 Å². The first kappa shape index (κ1) is 15.5. The van der Waals surface area contributed by atoms with Gasteiger partial charge in [-0.15, -0.1) is 0 Å². The van der Waals surface area contributed by atoms with Gasteiger partial charge in [0.25, 0.3) is 0 Å². The van der Waals surface area contributed by atoms with Crippen LogP contribution in [0.3, 0.4) is 0 Å². The second kappa shape index (κ2) is 7.14. The van der Waals surface area contributed by atoms with Crippen LogP contribution in [0.15, 0.2) is 24.3 Å². The van der Waals surface area contributed by atoms with E-state index in [0.717, 1.165) is 11.3 Å². The van der Waals surface area contributed by atoms with Crippen LogP contribution in [0.25, 0.3) is 0 Å². The topological polar surface area (TPSA) is 58.6 Å². The maximum Gasteiger partial charge on any atom is 0.323 e. The van der Waals surface area contributed by atoms with E-state index in [1.807, 2.05) is 38.1 Å². The van der Waals surface area contributed by atoms with Gasteiger partial charge in [0.05, 0.1) is 6.61 Å². The van der Waals surface area contributed by atoms with Gasteiger partial charge in [-0.3, -0.25) is 4.79 Å². The first-order valence-electron chi connectivity index (χ1n) is 6.66. The third-order valence-electron chi connectivity index (χ3n) is 3.59. The maximum absolute atomic E-state index is 11.3. The maximum atomic E-state index is 11.3. The largest absolute Gasteiger partial charge is 0.493 e. The van der Waals surface area contributed by atoms with Gasteiger partial charge in [-0.2, -0.15) is 0 Å². The number of aliphatic carboxylic acids is 1. The number of carbonyl (C=O) groups is 1. The lowest BCUT2D eigenvalue weighted by atomic mass is 9.91. The number of aryl methyl sites for hydroxylation is 1. The monoisotopic (exact) mass is 265 g/mol. The molecule has 0 aliphatic rings. The van der Waals surface area contributed by atoms with Gasteiger partial charge in [0.1, 0.15) is 11.3 Å². The second-order valence-electron chi connectivity index (χ2n) is 4.71. The van der Waals surface area contributed by atoms with E-state index in [2.05, 4.69) is 5.32 Å². The lowest BCUT2D eigenvalue weighted by Crippen LogP contribution is -2.50. The van der Waals surface area contributed by atoms with Crippen LogP contribution >= 0.6 is 0 Å². The molecule has 1 rings (SSSR count). The summed E-state index contributed by atoms with van der Waals surface area (Å²) in [7, 11) is 1.69. The van der Waals surface area contributed by atoms with Crippen LogP contribution in [-0.2, 0) is 4.79 Å². The van der Waals surface area contributed by atoms with Gasteiger partial charge >= 0.3 is 5.97 Å². The molecule has 0 saturated carbocycles. The number of para-hydroxylation sites is 1. The second-order valence-corrected chi connectivity index (χ2v) is 4.71. The van der Waals surface area contributed by atoms with Gasteiger partial charge in [-0.05, 0) is 44.9 Å². The smallest absolute Gasteiger partial charge is 0.323 e. The molecule has 106 valence electrons. The Hall–Kier alpha value is -1.55. The summed E-state index contributed by atoms with van der Waals surface area (Å²) < 4.78 is 5.68. The fraction of sp³-hybridized carbons (Fsp3) is 0.533. The Morgan fingerprint density at radius 2 is 2.11 bits per heavy atom. The van der Waals surface area contributed by atoms with Gasteiger partial charge in [0.15, 0.2) is 0 Å². The van der Waals surface area contributed by atoms with Crippen molar-refractivity contribution in [3.8, 4) is 5.75 Å². The summed E-state index contributed by atoms with van der Waals surface area (Å²) in [5, 5.41) is 12.2. The fourth-order valence-corrected chi connectivity index (χ4v) is 2.12. The first-order chi connectivity index (χ1) is 9.05. The van der Waals surface area contributed by atoms with Gasteiger partial charge < -0.3 is 15.2 Å². The molecular formula is C15H23NO3. The van der Waals surface area contributed by atoms with Crippen molar-refractivity contribution in [2.75, 3.05) is 13.7 Å². The van der Waals surface area contributed by atoms with Crippen LogP contribution in [-0.4, -0.2) is 30.3 Å². The van der Waals surface area contributed by atoms with Gasteiger partial charge in [0.2, 0.25) is 0 Å². The zero-order valence-electron chi connectivity index (χ0n) is 11.9. The molecule has 1 unspecified atom stereocenters. The Labute approximate surface area is 114 Å². The number of hydrogen-bond acceptors (Lipinski definition) is 3. The highest BCUT2D eigenvalue weighted by atomic mass is 16.5. The van der Waals surface area contributed by atoms with Crippen LogP contribution in [0.5, 0.6) is 5.75 Å². The number of rotatable bonds is 8. The predicted molar refractivity (Wildman–Crippen MR) is 75.6 cm³/mol. The fourth-order valence-electron chi connectivity index (χ4n) is 2.12. The first-order valence-corrected chi connectivity index (χ1v) is 6.66. The molecule has 0 fully saturated rings. The summed E-state index contributed by atoms with van der Waals surface area (Å²) in [4.78, 5) is 11.3. The van der Waals surface area contributed by atoms with E-state index < -0.39 is 11.5 Å². The molecule has 0 aliphatic carbocycles. The molecule has 0 heterocycles. The zero-order chi connectivity index (χ0) is 14.3. The van der Waals surface area contributed by atoms with E-state index in [0.29, 0.717) is 25.9 Å². The Morgan fingerprint density at radius 3 is 2.63 bits per heavy atom. The van der Waals surface area contributed by atoms with E-state index in [1.165, 1.54) is 0 Å². The molecule has 1 aromatic carbocycles. The normalized spacial score (nSPS) is 13.8. The number of likely N-dealkylation sites (N-methyl/N-ethyl adjacent to an activating group) is 1. The Bertz CT molecular complexity index is 414. The van der Waals surface area contributed by atoms with E-state index in [-0.39, 0.29) is 0 Å². The predicted octanol–water partition coefficient (Wildman–Crippen LogP) is 2.61. The third kappa shape index (κ3) is 3.96. The van der Waals surface area contributed by atoms with Crippen molar-refractivity contribution in [2.24, 2.45) is 0 Å². The van der Waals surface area contributed by atoms with Crippen LogP contribution in [0, 0.1) is 6.92 Å². The molecule has 0 aromatic heterocycles. The van der Waals surface area contributed by atoms with Crippen molar-refractivity contribution in [1.82, 2.24) is 5.32 Å². The number of hydrogen-bond donors (Lipinski definition) is 2. The molecule has 0 aliphatic heterocycles. The average Bonchev–Trinajstić information content (AvgIpc) is 2.41. The number of nitrogens with one attached hydrogen (secondary N) is 1. The quantitative estimate of drug-likeness (QED) is 0.709. The van der Waals surface area contributed by atoms with Gasteiger partial charge in [-0.25, -0.2) is 0 Å². The zero-order valence-corrected chi connectivity index (χ0v) is 11.9. The lowest BCUT2D eigenvalue weighted by molar-refractivity contribution is -0.145. The summed E-state index contributed by atoms with van der Waals surface area (Å²) in [6.45, 7) is 4.41. The van der Waals surface area contributed by atoms with Crippen LogP contribution in [0.4, 0.5) is 0 Å². The highest BCUT2D eigenvalue weighted by Gasteiger charge is 2.34.